The van der Waals surface area contributed by atoms with Gasteiger partial charge in [-0.05, 0) is 30.5 Å². The first-order chi connectivity index (χ1) is 9.08. The van der Waals surface area contributed by atoms with Gasteiger partial charge in [-0.2, -0.15) is 0 Å². The smallest absolute Gasteiger partial charge is 0.326 e. The highest BCUT2D eigenvalue weighted by Gasteiger charge is 2.33. The lowest BCUT2D eigenvalue weighted by molar-refractivity contribution is -0.141. The molecule has 1 heterocycles. The molecule has 2 rings (SSSR count). The molecule has 0 spiro atoms. The van der Waals surface area contributed by atoms with Gasteiger partial charge in [-0.25, -0.2) is 14.0 Å². The molecule has 6 heteroatoms. The number of urea groups is 1. The highest BCUT2D eigenvalue weighted by atomic mass is 19.1. The molecule has 0 aromatic heterocycles. The van der Waals surface area contributed by atoms with Crippen LogP contribution in [0.2, 0.25) is 0 Å². The molecule has 1 aromatic carbocycles. The number of benzene rings is 1. The minimum atomic E-state index is -0.988. The summed E-state index contributed by atoms with van der Waals surface area (Å²) in [5.74, 6) is -1.35. The monoisotopic (exact) mass is 266 g/mol. The molecular formula is C13H15FN2O3. The number of hydrogen-bond donors (Lipinski definition) is 2. The van der Waals surface area contributed by atoms with E-state index in [4.69, 9.17) is 5.11 Å². The lowest BCUT2D eigenvalue weighted by Crippen LogP contribution is -2.45. The second kappa shape index (κ2) is 5.69. The summed E-state index contributed by atoms with van der Waals surface area (Å²) in [4.78, 5) is 24.1. The second-order valence-electron chi connectivity index (χ2n) is 4.48. The van der Waals surface area contributed by atoms with Gasteiger partial charge in [0.25, 0.3) is 0 Å². The van der Waals surface area contributed by atoms with E-state index in [9.17, 15) is 14.0 Å². The van der Waals surface area contributed by atoms with E-state index in [1.807, 2.05) is 0 Å². The van der Waals surface area contributed by atoms with Gasteiger partial charge >= 0.3 is 12.0 Å². The maximum atomic E-state index is 13.0. The molecule has 5 nitrogen and oxygen atoms in total. The summed E-state index contributed by atoms with van der Waals surface area (Å²) < 4.78 is 13.0. The van der Waals surface area contributed by atoms with E-state index in [2.05, 4.69) is 5.32 Å². The van der Waals surface area contributed by atoms with Crippen LogP contribution < -0.4 is 5.32 Å². The van der Waals surface area contributed by atoms with E-state index in [0.29, 0.717) is 24.9 Å². The quantitative estimate of drug-likeness (QED) is 0.872. The van der Waals surface area contributed by atoms with Gasteiger partial charge in [-0.15, -0.1) is 0 Å². The van der Waals surface area contributed by atoms with Gasteiger partial charge in [-0.3, -0.25) is 0 Å². The van der Waals surface area contributed by atoms with E-state index in [0.717, 1.165) is 0 Å². The summed E-state index contributed by atoms with van der Waals surface area (Å²) in [6.45, 7) is 0.616. The fourth-order valence-corrected chi connectivity index (χ4v) is 2.19. The normalized spacial score (nSPS) is 18.4. The van der Waals surface area contributed by atoms with Gasteiger partial charge < -0.3 is 15.3 Å². The van der Waals surface area contributed by atoms with Crippen LogP contribution in [-0.2, 0) is 11.3 Å². The fourth-order valence-electron chi connectivity index (χ4n) is 2.19. The number of aliphatic carboxylic acids is 1. The molecule has 102 valence electrons. The summed E-state index contributed by atoms with van der Waals surface area (Å²) >= 11 is 0. The molecule has 1 unspecified atom stereocenters. The zero-order valence-corrected chi connectivity index (χ0v) is 10.3. The van der Waals surface area contributed by atoms with Crippen molar-refractivity contribution >= 4 is 12.0 Å². The van der Waals surface area contributed by atoms with E-state index >= 15 is 0 Å². The first-order valence-electron chi connectivity index (χ1n) is 6.09. The number of carboxylic acid groups (broad SMARTS) is 1. The molecule has 2 amide bonds. The number of nitrogens with zero attached hydrogens (tertiary/aromatic N) is 1. The summed E-state index contributed by atoms with van der Waals surface area (Å²) in [7, 11) is 0. The highest BCUT2D eigenvalue weighted by Crippen LogP contribution is 2.17. The van der Waals surface area contributed by atoms with E-state index in [-0.39, 0.29) is 12.4 Å². The SMILES string of the molecule is O=C(O)C1CCCN1C(=O)NCc1cccc(F)c1. The first-order valence-corrected chi connectivity index (χ1v) is 6.09. The van der Waals surface area contributed by atoms with Crippen LogP contribution in [0.5, 0.6) is 0 Å². The zero-order chi connectivity index (χ0) is 13.8. The first kappa shape index (κ1) is 13.3. The maximum Gasteiger partial charge on any atom is 0.326 e. The van der Waals surface area contributed by atoms with Crippen LogP contribution in [0, 0.1) is 5.82 Å². The van der Waals surface area contributed by atoms with Crippen molar-refractivity contribution in [3.8, 4) is 0 Å². The fraction of sp³-hybridized carbons (Fsp3) is 0.385. The van der Waals surface area contributed by atoms with Crippen LogP contribution in [0.15, 0.2) is 24.3 Å². The van der Waals surface area contributed by atoms with E-state index in [1.165, 1.54) is 17.0 Å². The van der Waals surface area contributed by atoms with Gasteiger partial charge in [0.15, 0.2) is 0 Å². The third-order valence-corrected chi connectivity index (χ3v) is 3.13. The van der Waals surface area contributed by atoms with Gasteiger partial charge in [0.1, 0.15) is 11.9 Å². The molecule has 1 fully saturated rings. The van der Waals surface area contributed by atoms with Crippen LogP contribution in [0.4, 0.5) is 9.18 Å². The molecule has 0 aliphatic carbocycles. The Kier molecular flexibility index (Phi) is 3.99. The average molecular weight is 266 g/mol. The Bertz CT molecular complexity index is 493. The largest absolute Gasteiger partial charge is 0.480 e. The molecule has 0 radical (unpaired) electrons. The number of halogens is 1. The summed E-state index contributed by atoms with van der Waals surface area (Å²) in [6.07, 6.45) is 1.16. The zero-order valence-electron chi connectivity index (χ0n) is 10.3. The van der Waals surface area contributed by atoms with Gasteiger partial charge in [0.05, 0.1) is 0 Å². The number of amides is 2. The number of carbonyl (C=O) groups excluding carboxylic acids is 1. The average Bonchev–Trinajstić information content (AvgIpc) is 2.85. The van der Waals surface area contributed by atoms with Crippen molar-refractivity contribution in [1.82, 2.24) is 10.2 Å². The van der Waals surface area contributed by atoms with Crippen LogP contribution in [0.1, 0.15) is 18.4 Å². The number of nitrogens with one attached hydrogen (secondary N) is 1. The van der Waals surface area contributed by atoms with Gasteiger partial charge in [0.2, 0.25) is 0 Å². The van der Waals surface area contributed by atoms with Crippen molar-refractivity contribution in [3.63, 3.8) is 0 Å². The second-order valence-corrected chi connectivity index (χ2v) is 4.48. The summed E-state index contributed by atoms with van der Waals surface area (Å²) in [5, 5.41) is 11.6. The Hall–Kier alpha value is -2.11. The minimum Gasteiger partial charge on any atom is -0.480 e. The van der Waals surface area contributed by atoms with Crippen molar-refractivity contribution in [1.29, 1.82) is 0 Å². The molecule has 2 N–H and O–H groups in total. The number of carbonyl (C=O) groups is 2. The number of hydrogen-bond acceptors (Lipinski definition) is 2. The molecule has 19 heavy (non-hydrogen) atoms. The molecule has 1 aliphatic rings. The molecular weight excluding hydrogens is 251 g/mol. The predicted octanol–water partition coefficient (Wildman–Crippen LogP) is 1.58. The molecule has 1 aliphatic heterocycles. The predicted molar refractivity (Wildman–Crippen MR) is 66.0 cm³/mol. The van der Waals surface area contributed by atoms with Gasteiger partial charge in [0, 0.05) is 13.1 Å². The Morgan fingerprint density at radius 1 is 1.47 bits per heavy atom. The molecule has 1 atom stereocenters. The number of rotatable bonds is 3. The Balaban J connectivity index is 1.92. The van der Waals surface area contributed by atoms with Crippen molar-refractivity contribution in [3.05, 3.63) is 35.6 Å². The number of likely N-dealkylation sites (tertiary alicyclic amines) is 1. The third-order valence-electron chi connectivity index (χ3n) is 3.13. The Labute approximate surface area is 110 Å². The molecule has 0 saturated carbocycles. The van der Waals surface area contributed by atoms with Crippen molar-refractivity contribution in [2.45, 2.75) is 25.4 Å². The third kappa shape index (κ3) is 3.21. The molecule has 0 bridgehead atoms. The van der Waals surface area contributed by atoms with Gasteiger partial charge in [-0.1, -0.05) is 12.1 Å². The Morgan fingerprint density at radius 3 is 2.95 bits per heavy atom. The van der Waals surface area contributed by atoms with Crippen LogP contribution in [-0.4, -0.2) is 34.6 Å². The minimum absolute atomic E-state index is 0.180. The van der Waals surface area contributed by atoms with Crippen LogP contribution >= 0.6 is 0 Å². The number of carboxylic acids is 1. The van der Waals surface area contributed by atoms with Crippen LogP contribution in [0.25, 0.3) is 0 Å². The van der Waals surface area contributed by atoms with E-state index in [1.54, 1.807) is 12.1 Å². The van der Waals surface area contributed by atoms with Crippen molar-refractivity contribution in [2.24, 2.45) is 0 Å². The molecule has 1 saturated heterocycles. The molecule has 1 aromatic rings. The van der Waals surface area contributed by atoms with Crippen LogP contribution in [0.3, 0.4) is 0 Å². The lowest BCUT2D eigenvalue weighted by atomic mass is 10.2. The lowest BCUT2D eigenvalue weighted by Gasteiger charge is -2.21. The maximum absolute atomic E-state index is 13.0. The summed E-state index contributed by atoms with van der Waals surface area (Å²) in [6, 6.07) is 4.74. The standard InChI is InChI=1S/C13H15FN2O3/c14-10-4-1-3-9(7-10)8-15-13(19)16-6-2-5-11(16)12(17)18/h1,3-4,7,11H,2,5-6,8H2,(H,15,19)(H,17,18). The van der Waals surface area contributed by atoms with E-state index < -0.39 is 18.0 Å². The summed E-state index contributed by atoms with van der Waals surface area (Å²) in [5.41, 5.74) is 0.638. The Morgan fingerprint density at radius 2 is 2.26 bits per heavy atom. The topological polar surface area (TPSA) is 69.6 Å². The highest BCUT2D eigenvalue weighted by molar-refractivity contribution is 5.83. The van der Waals surface area contributed by atoms with Crippen molar-refractivity contribution < 1.29 is 19.1 Å². The van der Waals surface area contributed by atoms with Crippen molar-refractivity contribution in [2.75, 3.05) is 6.54 Å².